The van der Waals surface area contributed by atoms with Crippen molar-refractivity contribution < 1.29 is 18.1 Å². The fraction of sp³-hybridized carbons (Fsp3) is 0.200. The van der Waals surface area contributed by atoms with Crippen molar-refractivity contribution in [1.29, 1.82) is 0 Å². The van der Waals surface area contributed by atoms with E-state index in [2.05, 4.69) is 15.0 Å². The van der Waals surface area contributed by atoms with Crippen LogP contribution in [-0.4, -0.2) is 30.3 Å². The Kier molecular flexibility index (Phi) is 5.78. The van der Waals surface area contributed by atoms with Crippen molar-refractivity contribution in [2.75, 3.05) is 0 Å². The SMILES string of the molecule is C[C@@H](NS(=O)(=O)c1cccc([N+](=O)[O-])c1)C(=O)NCc1cccnc1. The zero-order valence-corrected chi connectivity index (χ0v) is 14.1. The number of sulfonamides is 1. The molecule has 2 aromatic rings. The van der Waals surface area contributed by atoms with Gasteiger partial charge in [0.05, 0.1) is 15.9 Å². The summed E-state index contributed by atoms with van der Waals surface area (Å²) in [6, 6.07) is 7.03. The van der Waals surface area contributed by atoms with Crippen LogP contribution in [0.5, 0.6) is 0 Å². The maximum atomic E-state index is 12.3. The lowest BCUT2D eigenvalue weighted by molar-refractivity contribution is -0.385. The summed E-state index contributed by atoms with van der Waals surface area (Å²) in [5.74, 6) is -0.530. The first-order chi connectivity index (χ1) is 11.8. The van der Waals surface area contributed by atoms with Crippen LogP contribution in [0.1, 0.15) is 12.5 Å². The average Bonchev–Trinajstić information content (AvgIpc) is 2.60. The monoisotopic (exact) mass is 364 g/mol. The minimum atomic E-state index is -4.07. The summed E-state index contributed by atoms with van der Waals surface area (Å²) in [6.45, 7) is 1.59. The second-order valence-corrected chi connectivity index (χ2v) is 6.89. The van der Waals surface area contributed by atoms with Gasteiger partial charge in [-0.15, -0.1) is 0 Å². The molecule has 0 radical (unpaired) electrons. The molecular formula is C15H16N4O5S. The van der Waals surface area contributed by atoms with E-state index in [0.29, 0.717) is 0 Å². The van der Waals surface area contributed by atoms with Crippen LogP contribution >= 0.6 is 0 Å². The lowest BCUT2D eigenvalue weighted by Gasteiger charge is -2.14. The topological polar surface area (TPSA) is 131 Å². The number of hydrogen-bond donors (Lipinski definition) is 2. The molecule has 1 amide bonds. The van der Waals surface area contributed by atoms with Crippen molar-refractivity contribution in [3.63, 3.8) is 0 Å². The van der Waals surface area contributed by atoms with Crippen molar-refractivity contribution in [3.8, 4) is 0 Å². The quantitative estimate of drug-likeness (QED) is 0.556. The summed E-state index contributed by atoms with van der Waals surface area (Å²) >= 11 is 0. The molecule has 9 nitrogen and oxygen atoms in total. The summed E-state index contributed by atoms with van der Waals surface area (Å²) < 4.78 is 26.7. The maximum Gasteiger partial charge on any atom is 0.270 e. The van der Waals surface area contributed by atoms with Crippen LogP contribution in [0.3, 0.4) is 0 Å². The number of carbonyl (C=O) groups is 1. The van der Waals surface area contributed by atoms with Gasteiger partial charge in [0, 0.05) is 31.1 Å². The van der Waals surface area contributed by atoms with Crippen LogP contribution in [-0.2, 0) is 21.4 Å². The third-order valence-electron chi connectivity index (χ3n) is 3.25. The van der Waals surface area contributed by atoms with Gasteiger partial charge >= 0.3 is 0 Å². The lowest BCUT2D eigenvalue weighted by atomic mass is 10.2. The first kappa shape index (κ1) is 18.5. The Labute approximate surface area is 144 Å². The van der Waals surface area contributed by atoms with Gasteiger partial charge in [-0.05, 0) is 24.6 Å². The van der Waals surface area contributed by atoms with Gasteiger partial charge in [-0.1, -0.05) is 12.1 Å². The van der Waals surface area contributed by atoms with Gasteiger partial charge in [0.2, 0.25) is 15.9 Å². The number of nitrogens with zero attached hydrogens (tertiary/aromatic N) is 2. The third kappa shape index (κ3) is 5.06. The van der Waals surface area contributed by atoms with Crippen molar-refractivity contribution in [2.45, 2.75) is 24.4 Å². The fourth-order valence-corrected chi connectivity index (χ4v) is 3.21. The standard InChI is InChI=1S/C15H16N4O5S/c1-11(15(20)17-10-12-4-3-7-16-9-12)18-25(23,24)14-6-2-5-13(8-14)19(21)22/h2-9,11,18H,10H2,1H3,(H,17,20)/t11-/m1/s1. The van der Waals surface area contributed by atoms with Crippen LogP contribution in [0.2, 0.25) is 0 Å². The predicted octanol–water partition coefficient (Wildman–Crippen LogP) is 0.973. The molecule has 0 bridgehead atoms. The number of aromatic nitrogens is 1. The molecule has 0 aliphatic carbocycles. The molecule has 0 saturated heterocycles. The number of benzene rings is 1. The maximum absolute atomic E-state index is 12.3. The number of hydrogen-bond acceptors (Lipinski definition) is 6. The molecule has 0 fully saturated rings. The first-order valence-electron chi connectivity index (χ1n) is 7.23. The highest BCUT2D eigenvalue weighted by atomic mass is 32.2. The Morgan fingerprint density at radius 2 is 2.08 bits per heavy atom. The fourth-order valence-electron chi connectivity index (χ4n) is 1.96. The van der Waals surface area contributed by atoms with E-state index >= 15 is 0 Å². The van der Waals surface area contributed by atoms with Gasteiger partial charge in [0.1, 0.15) is 0 Å². The number of nitro groups is 1. The molecule has 0 saturated carbocycles. The molecule has 1 heterocycles. The van der Waals surface area contributed by atoms with E-state index in [1.165, 1.54) is 25.1 Å². The highest BCUT2D eigenvalue weighted by molar-refractivity contribution is 7.89. The van der Waals surface area contributed by atoms with E-state index in [1.807, 2.05) is 0 Å². The normalized spacial score (nSPS) is 12.4. The van der Waals surface area contributed by atoms with Crippen molar-refractivity contribution in [3.05, 3.63) is 64.5 Å². The van der Waals surface area contributed by atoms with E-state index in [4.69, 9.17) is 0 Å². The van der Waals surface area contributed by atoms with Gasteiger partial charge < -0.3 is 5.32 Å². The highest BCUT2D eigenvalue weighted by Crippen LogP contribution is 2.17. The smallest absolute Gasteiger partial charge is 0.270 e. The Bertz CT molecular complexity index is 871. The minimum absolute atomic E-state index is 0.204. The molecule has 0 aliphatic heterocycles. The Hall–Kier alpha value is -2.85. The third-order valence-corrected chi connectivity index (χ3v) is 4.79. The first-order valence-corrected chi connectivity index (χ1v) is 8.71. The summed E-state index contributed by atoms with van der Waals surface area (Å²) in [5, 5.41) is 13.3. The van der Waals surface area contributed by atoms with Gasteiger partial charge in [0.15, 0.2) is 0 Å². The van der Waals surface area contributed by atoms with Crippen molar-refractivity contribution >= 4 is 21.6 Å². The number of non-ortho nitro benzene ring substituents is 1. The molecule has 0 aliphatic rings. The molecule has 1 aromatic heterocycles. The van der Waals surface area contributed by atoms with Crippen LogP contribution in [0.15, 0.2) is 53.7 Å². The molecule has 0 unspecified atom stereocenters. The van der Waals surface area contributed by atoms with E-state index in [-0.39, 0.29) is 17.1 Å². The van der Waals surface area contributed by atoms with Crippen LogP contribution in [0.4, 0.5) is 5.69 Å². The highest BCUT2D eigenvalue weighted by Gasteiger charge is 2.23. The van der Waals surface area contributed by atoms with E-state index in [1.54, 1.807) is 24.5 Å². The number of pyridine rings is 1. The number of nitrogens with one attached hydrogen (secondary N) is 2. The van der Waals surface area contributed by atoms with Gasteiger partial charge in [-0.25, -0.2) is 8.42 Å². The Balaban J connectivity index is 2.02. The van der Waals surface area contributed by atoms with Crippen LogP contribution < -0.4 is 10.0 Å². The largest absolute Gasteiger partial charge is 0.351 e. The minimum Gasteiger partial charge on any atom is -0.351 e. The van der Waals surface area contributed by atoms with Gasteiger partial charge in [0.25, 0.3) is 5.69 Å². The zero-order chi connectivity index (χ0) is 18.4. The molecule has 2 rings (SSSR count). The number of carbonyl (C=O) groups excluding carboxylic acids is 1. The summed E-state index contributed by atoms with van der Waals surface area (Å²) in [5.41, 5.74) is 0.418. The second kappa shape index (κ2) is 7.81. The summed E-state index contributed by atoms with van der Waals surface area (Å²) in [6.07, 6.45) is 3.18. The van der Waals surface area contributed by atoms with Crippen LogP contribution in [0, 0.1) is 10.1 Å². The molecule has 1 aromatic carbocycles. The Morgan fingerprint density at radius 3 is 2.72 bits per heavy atom. The lowest BCUT2D eigenvalue weighted by Crippen LogP contribution is -2.44. The zero-order valence-electron chi connectivity index (χ0n) is 13.2. The molecule has 10 heteroatoms. The van der Waals surface area contributed by atoms with E-state index < -0.39 is 26.9 Å². The van der Waals surface area contributed by atoms with Gasteiger partial charge in [-0.2, -0.15) is 4.72 Å². The number of rotatable bonds is 7. The summed E-state index contributed by atoms with van der Waals surface area (Å²) in [7, 11) is -4.07. The predicted molar refractivity (Wildman–Crippen MR) is 89.0 cm³/mol. The van der Waals surface area contributed by atoms with E-state index in [0.717, 1.165) is 11.6 Å². The van der Waals surface area contributed by atoms with Crippen molar-refractivity contribution in [1.82, 2.24) is 15.0 Å². The van der Waals surface area contributed by atoms with Gasteiger partial charge in [-0.3, -0.25) is 19.9 Å². The van der Waals surface area contributed by atoms with Crippen molar-refractivity contribution in [2.24, 2.45) is 0 Å². The molecule has 132 valence electrons. The molecular weight excluding hydrogens is 348 g/mol. The summed E-state index contributed by atoms with van der Waals surface area (Å²) in [4.78, 5) is 25.7. The average molecular weight is 364 g/mol. The molecule has 0 spiro atoms. The second-order valence-electron chi connectivity index (χ2n) is 5.18. The Morgan fingerprint density at radius 1 is 1.32 bits per heavy atom. The van der Waals surface area contributed by atoms with E-state index in [9.17, 15) is 23.3 Å². The number of amides is 1. The van der Waals surface area contributed by atoms with Crippen LogP contribution in [0.25, 0.3) is 0 Å². The number of nitro benzene ring substituents is 1. The molecule has 25 heavy (non-hydrogen) atoms. The molecule has 1 atom stereocenters. The molecule has 2 N–H and O–H groups in total.